The van der Waals surface area contributed by atoms with Crippen molar-refractivity contribution in [2.75, 3.05) is 0 Å². The van der Waals surface area contributed by atoms with E-state index in [1.807, 2.05) is 36.4 Å². The van der Waals surface area contributed by atoms with Gasteiger partial charge in [0, 0.05) is 12.7 Å². The molecule has 5 heteroatoms. The zero-order chi connectivity index (χ0) is 13.8. The van der Waals surface area contributed by atoms with Crippen LogP contribution < -0.4 is 11.2 Å². The van der Waals surface area contributed by atoms with Crippen LogP contribution in [0.4, 0.5) is 0 Å². The summed E-state index contributed by atoms with van der Waals surface area (Å²) in [4.78, 5) is 24.1. The van der Waals surface area contributed by atoms with E-state index >= 15 is 0 Å². The topological polar surface area (TPSA) is 67.8 Å². The summed E-state index contributed by atoms with van der Waals surface area (Å²) in [5.74, 6) is 0. The summed E-state index contributed by atoms with van der Waals surface area (Å²) in [6.07, 6.45) is 1.31. The molecule has 0 fully saturated rings. The minimum absolute atomic E-state index is 0.0163. The lowest BCUT2D eigenvalue weighted by atomic mass is 10.2. The second-order valence-corrected chi connectivity index (χ2v) is 4.10. The molecule has 2 rings (SSSR count). The Morgan fingerprint density at radius 3 is 2.47 bits per heavy atom. The van der Waals surface area contributed by atoms with Crippen LogP contribution in [0.1, 0.15) is 18.1 Å². The fourth-order valence-electron chi connectivity index (χ4n) is 1.86. The van der Waals surface area contributed by atoms with E-state index in [1.54, 1.807) is 6.92 Å². The number of rotatable bonds is 3. The van der Waals surface area contributed by atoms with Crippen LogP contribution in [0.25, 0.3) is 0 Å². The van der Waals surface area contributed by atoms with E-state index in [2.05, 4.69) is 0 Å². The Labute approximate surface area is 110 Å². The first kappa shape index (κ1) is 12.8. The highest BCUT2D eigenvalue weighted by Crippen LogP contribution is 1.99. The average Bonchev–Trinajstić information content (AvgIpc) is 2.45. The van der Waals surface area contributed by atoms with Crippen molar-refractivity contribution in [2.45, 2.75) is 20.0 Å². The van der Waals surface area contributed by atoms with Crippen molar-refractivity contribution in [3.8, 4) is 6.07 Å². The number of nitrogens with zero attached hydrogens (tertiary/aromatic N) is 3. The van der Waals surface area contributed by atoms with Gasteiger partial charge in [0.25, 0.3) is 5.56 Å². The smallest absolute Gasteiger partial charge is 0.299 e. The lowest BCUT2D eigenvalue weighted by molar-refractivity contribution is 0.597. The highest BCUT2D eigenvalue weighted by molar-refractivity contribution is 5.23. The monoisotopic (exact) mass is 255 g/mol. The predicted molar refractivity (Wildman–Crippen MR) is 70.9 cm³/mol. The minimum atomic E-state index is -0.541. The summed E-state index contributed by atoms with van der Waals surface area (Å²) < 4.78 is 2.46. The van der Waals surface area contributed by atoms with Crippen molar-refractivity contribution < 1.29 is 0 Å². The maximum Gasteiger partial charge on any atom is 0.331 e. The van der Waals surface area contributed by atoms with Crippen LogP contribution in [0, 0.1) is 11.3 Å². The number of benzene rings is 1. The number of aromatic nitrogens is 2. The van der Waals surface area contributed by atoms with E-state index in [4.69, 9.17) is 5.26 Å². The van der Waals surface area contributed by atoms with Gasteiger partial charge in [0.15, 0.2) is 0 Å². The van der Waals surface area contributed by atoms with Crippen LogP contribution in [-0.4, -0.2) is 9.13 Å². The predicted octanol–water partition coefficient (Wildman–Crippen LogP) is 0.950. The molecule has 0 atom stereocenters. The Balaban J connectivity index is 2.60. The van der Waals surface area contributed by atoms with Gasteiger partial charge in [-0.3, -0.25) is 13.9 Å². The highest BCUT2D eigenvalue weighted by atomic mass is 16.2. The normalized spacial score (nSPS) is 10.1. The third-order valence-electron chi connectivity index (χ3n) is 2.88. The number of aryl methyl sites for hydroxylation is 1. The number of hydrogen-bond donors (Lipinski definition) is 0. The average molecular weight is 255 g/mol. The molecule has 5 nitrogen and oxygen atoms in total. The Morgan fingerprint density at radius 2 is 1.89 bits per heavy atom. The fourth-order valence-corrected chi connectivity index (χ4v) is 1.86. The second kappa shape index (κ2) is 5.36. The molecule has 0 N–H and O–H groups in total. The van der Waals surface area contributed by atoms with Gasteiger partial charge < -0.3 is 0 Å². The van der Waals surface area contributed by atoms with E-state index in [1.165, 1.54) is 10.8 Å². The third-order valence-corrected chi connectivity index (χ3v) is 2.88. The summed E-state index contributed by atoms with van der Waals surface area (Å²) in [7, 11) is 0. The van der Waals surface area contributed by atoms with E-state index in [0.717, 1.165) is 10.1 Å². The molecule has 0 saturated carbocycles. The Morgan fingerprint density at radius 1 is 1.21 bits per heavy atom. The number of nitriles is 1. The maximum absolute atomic E-state index is 12.1. The summed E-state index contributed by atoms with van der Waals surface area (Å²) >= 11 is 0. The summed E-state index contributed by atoms with van der Waals surface area (Å²) in [5, 5.41) is 8.94. The van der Waals surface area contributed by atoms with Crippen molar-refractivity contribution in [1.82, 2.24) is 9.13 Å². The van der Waals surface area contributed by atoms with Crippen LogP contribution in [0.3, 0.4) is 0 Å². The molecule has 96 valence electrons. The van der Waals surface area contributed by atoms with Crippen LogP contribution in [0.2, 0.25) is 0 Å². The van der Waals surface area contributed by atoms with E-state index in [0.29, 0.717) is 6.54 Å². The SMILES string of the molecule is CCn1cc(C#N)c(=O)n(Cc2ccccc2)c1=O. The molecule has 0 radical (unpaired) electrons. The molecule has 1 aromatic heterocycles. The van der Waals surface area contributed by atoms with Crippen LogP contribution in [-0.2, 0) is 13.1 Å². The molecular formula is C14H13N3O2. The first-order valence-corrected chi connectivity index (χ1v) is 5.95. The van der Waals surface area contributed by atoms with Gasteiger partial charge >= 0.3 is 5.69 Å². The summed E-state index contributed by atoms with van der Waals surface area (Å²) in [5.41, 5.74) is -0.103. The van der Waals surface area contributed by atoms with Crippen LogP contribution in [0.15, 0.2) is 46.1 Å². The van der Waals surface area contributed by atoms with E-state index < -0.39 is 11.2 Å². The largest absolute Gasteiger partial charge is 0.331 e. The van der Waals surface area contributed by atoms with E-state index in [-0.39, 0.29) is 12.1 Å². The van der Waals surface area contributed by atoms with Crippen LogP contribution in [0.5, 0.6) is 0 Å². The van der Waals surface area contributed by atoms with Gasteiger partial charge in [0.2, 0.25) is 0 Å². The minimum Gasteiger partial charge on any atom is -0.299 e. The molecular weight excluding hydrogens is 242 g/mol. The van der Waals surface area contributed by atoms with Gasteiger partial charge in [-0.15, -0.1) is 0 Å². The highest BCUT2D eigenvalue weighted by Gasteiger charge is 2.10. The number of hydrogen-bond acceptors (Lipinski definition) is 3. The summed E-state index contributed by atoms with van der Waals surface area (Å²) in [6.45, 7) is 2.39. The molecule has 0 aliphatic carbocycles. The van der Waals surface area contributed by atoms with Crippen molar-refractivity contribution in [2.24, 2.45) is 0 Å². The molecule has 1 heterocycles. The molecule has 0 spiro atoms. The first-order valence-electron chi connectivity index (χ1n) is 5.95. The molecule has 2 aromatic rings. The van der Waals surface area contributed by atoms with Gasteiger partial charge in [-0.1, -0.05) is 30.3 Å². The maximum atomic E-state index is 12.1. The molecule has 0 bridgehead atoms. The molecule has 0 unspecified atom stereocenters. The van der Waals surface area contributed by atoms with Gasteiger partial charge in [-0.25, -0.2) is 4.79 Å². The van der Waals surface area contributed by atoms with Crippen molar-refractivity contribution in [1.29, 1.82) is 5.26 Å². The van der Waals surface area contributed by atoms with Crippen molar-refractivity contribution >= 4 is 0 Å². The quantitative estimate of drug-likeness (QED) is 0.820. The van der Waals surface area contributed by atoms with Crippen molar-refractivity contribution in [3.63, 3.8) is 0 Å². The fraction of sp³-hybridized carbons (Fsp3) is 0.214. The Kier molecular flexibility index (Phi) is 3.62. The van der Waals surface area contributed by atoms with E-state index in [9.17, 15) is 9.59 Å². The molecule has 0 amide bonds. The zero-order valence-electron chi connectivity index (χ0n) is 10.5. The second-order valence-electron chi connectivity index (χ2n) is 4.10. The Bertz CT molecular complexity index is 736. The first-order chi connectivity index (χ1) is 9.17. The summed E-state index contributed by atoms with van der Waals surface area (Å²) in [6, 6.07) is 11.0. The third kappa shape index (κ3) is 2.47. The lowest BCUT2D eigenvalue weighted by Crippen LogP contribution is -2.40. The molecule has 0 saturated heterocycles. The molecule has 0 aliphatic rings. The van der Waals surface area contributed by atoms with Crippen molar-refractivity contribution in [3.05, 3.63) is 68.5 Å². The van der Waals surface area contributed by atoms with Gasteiger partial charge in [0.05, 0.1) is 6.54 Å². The lowest BCUT2D eigenvalue weighted by Gasteiger charge is -2.09. The zero-order valence-corrected chi connectivity index (χ0v) is 10.5. The molecule has 0 aliphatic heterocycles. The van der Waals surface area contributed by atoms with Gasteiger partial charge in [-0.05, 0) is 12.5 Å². The van der Waals surface area contributed by atoms with Crippen LogP contribution >= 0.6 is 0 Å². The standard InChI is InChI=1S/C14H13N3O2/c1-2-16-10-12(8-15)13(18)17(14(16)19)9-11-6-4-3-5-7-11/h3-7,10H,2,9H2,1H3. The van der Waals surface area contributed by atoms with Gasteiger partial charge in [-0.2, -0.15) is 5.26 Å². The Hall–Kier alpha value is -2.61. The molecule has 1 aromatic carbocycles. The van der Waals surface area contributed by atoms with Gasteiger partial charge in [0.1, 0.15) is 11.6 Å². The molecule has 19 heavy (non-hydrogen) atoms.